The molecule has 0 aliphatic rings. The van der Waals surface area contributed by atoms with Gasteiger partial charge in [-0.2, -0.15) is 105 Å². The minimum Gasteiger partial charge on any atom is -0.480 e. The molecule has 2 N–H and O–H groups in total. The summed E-state index contributed by atoms with van der Waals surface area (Å²) in [5, 5.41) is 17.7. The van der Waals surface area contributed by atoms with Gasteiger partial charge in [0.15, 0.2) is 30.1 Å². The molecule has 0 saturated heterocycles. The van der Waals surface area contributed by atoms with E-state index < -0.39 is 144 Å². The molecular weight excluding hydrogens is 1010 g/mol. The van der Waals surface area contributed by atoms with Crippen molar-refractivity contribution in [1.29, 1.82) is 0 Å². The zero-order valence-corrected chi connectivity index (χ0v) is 27.9. The minimum atomic E-state index is -9.67. The van der Waals surface area contributed by atoms with Crippen LogP contribution < -0.4 is 0 Å². The molecule has 374 valence electrons. The van der Waals surface area contributed by atoms with Crippen LogP contribution in [0.2, 0.25) is 0 Å². The van der Waals surface area contributed by atoms with Gasteiger partial charge in [0.2, 0.25) is 12.3 Å². The molecule has 0 aliphatic carbocycles. The lowest BCUT2D eigenvalue weighted by atomic mass is 9.66. The Labute approximate surface area is 320 Å². The molecule has 4 nitrogen and oxygen atoms in total. The first-order valence-corrected chi connectivity index (χ1v) is 14.2. The molecule has 0 heterocycles. The quantitative estimate of drug-likeness (QED) is 0.0790. The van der Waals surface area contributed by atoms with Crippen molar-refractivity contribution in [3.8, 4) is 0 Å². The predicted molar refractivity (Wildman–Crippen MR) is 128 cm³/mol. The van der Waals surface area contributed by atoms with Crippen LogP contribution in [0, 0.1) is 5.41 Å². The molecule has 0 spiro atoms. The molecule has 6 unspecified atom stereocenters. The maximum absolute atomic E-state index is 15.4. The van der Waals surface area contributed by atoms with Crippen molar-refractivity contribution in [2.45, 2.75) is 121 Å². The summed E-state index contributed by atoms with van der Waals surface area (Å²) >= 11 is 0. The van der Waals surface area contributed by atoms with Crippen LogP contribution in [0.1, 0.15) is 0 Å². The first kappa shape index (κ1) is 59.3. The zero-order valence-electron chi connectivity index (χ0n) is 27.9. The number of halogens is 34. The van der Waals surface area contributed by atoms with Gasteiger partial charge in [0, 0.05) is 0 Å². The van der Waals surface area contributed by atoms with Gasteiger partial charge in [0.1, 0.15) is 0 Å². The third kappa shape index (κ3) is 7.76. The van der Waals surface area contributed by atoms with Crippen LogP contribution in [0.4, 0.5) is 149 Å². The fourth-order valence-electron chi connectivity index (χ4n) is 4.48. The molecule has 0 saturated carbocycles. The van der Waals surface area contributed by atoms with Crippen LogP contribution in [0.25, 0.3) is 0 Å². The van der Waals surface area contributed by atoms with E-state index in [-0.39, 0.29) is 0 Å². The Morgan fingerprint density at radius 1 is 0.349 bits per heavy atom. The summed E-state index contributed by atoms with van der Waals surface area (Å²) in [5.74, 6) is -121. The predicted octanol–water partition coefficient (Wildman–Crippen LogP) is 10.9. The molecule has 0 aromatic rings. The average Bonchev–Trinajstić information content (AvgIpc) is 3.11. The zero-order chi connectivity index (χ0) is 51.9. The van der Waals surface area contributed by atoms with Gasteiger partial charge >= 0.3 is 83.0 Å². The second kappa shape index (κ2) is 16.6. The van der Waals surface area contributed by atoms with Gasteiger partial charge in [-0.25, -0.2) is 48.7 Å². The maximum Gasteiger partial charge on any atom is 0.384 e. The number of carboxylic acid groups (broad SMARTS) is 2. The smallest absolute Gasteiger partial charge is 0.384 e. The SMILES string of the molecule is C=C(C(=O)O)C(C(=O)O)(C(F)C(F)(F)C(F)(F)C(F)(F)C(F)(F)C(F)(F)C(F)(F)C(F)C(F)C(F)F)C(F)C(F)(F)C(F)(F)C(F)(F)C(F)(F)C(F)(F)C(F)(F)C(F)C(F)C(F)F. The Bertz CT molecular complexity index is 1570. The third-order valence-corrected chi connectivity index (χ3v) is 8.32. The lowest BCUT2D eigenvalue weighted by molar-refractivity contribution is -0.441. The average molecular weight is 1020 g/mol. The lowest BCUT2D eigenvalue weighted by Crippen LogP contribution is -2.77. The molecule has 38 heteroatoms. The summed E-state index contributed by atoms with van der Waals surface area (Å²) in [7, 11) is 0. The van der Waals surface area contributed by atoms with E-state index in [1.165, 1.54) is 6.58 Å². The van der Waals surface area contributed by atoms with Crippen LogP contribution in [-0.4, -0.2) is 143 Å². The molecule has 63 heavy (non-hydrogen) atoms. The number of aliphatic carboxylic acids is 2. The Morgan fingerprint density at radius 2 is 0.540 bits per heavy atom. The fraction of sp³-hybridized carbons (Fsp3) is 0.840. The van der Waals surface area contributed by atoms with Crippen LogP contribution >= 0.6 is 0 Å². The summed E-state index contributed by atoms with van der Waals surface area (Å²) in [5.41, 5.74) is -12.2. The highest BCUT2D eigenvalue weighted by Gasteiger charge is 2.96. The van der Waals surface area contributed by atoms with Crippen molar-refractivity contribution in [2.24, 2.45) is 5.41 Å². The minimum absolute atomic E-state index is 1.24. The Hall–Kier alpha value is -3.70. The summed E-state index contributed by atoms with van der Waals surface area (Å²) in [6, 6.07) is 0. The normalized spacial score (nSPS) is 19.3. The highest BCUT2D eigenvalue weighted by atomic mass is 19.4. The number of carboxylic acids is 2. The molecule has 0 radical (unpaired) electrons. The fourth-order valence-corrected chi connectivity index (χ4v) is 4.48. The number of carbonyl (C=O) groups is 2. The van der Waals surface area contributed by atoms with E-state index in [1.54, 1.807) is 0 Å². The highest BCUT2D eigenvalue weighted by Crippen LogP contribution is 2.67. The lowest BCUT2D eigenvalue weighted by Gasteiger charge is -2.47. The van der Waals surface area contributed by atoms with E-state index in [0.29, 0.717) is 0 Å². The largest absolute Gasteiger partial charge is 0.480 e. The Morgan fingerprint density at radius 3 is 0.698 bits per heavy atom. The van der Waals surface area contributed by atoms with Crippen LogP contribution in [0.5, 0.6) is 0 Å². The van der Waals surface area contributed by atoms with Gasteiger partial charge < -0.3 is 10.2 Å². The second-order valence-electron chi connectivity index (χ2n) is 12.1. The van der Waals surface area contributed by atoms with E-state index in [0.717, 1.165) is 0 Å². The van der Waals surface area contributed by atoms with E-state index in [1.807, 2.05) is 0 Å². The van der Waals surface area contributed by atoms with Gasteiger partial charge in [-0.3, -0.25) is 4.79 Å². The highest BCUT2D eigenvalue weighted by molar-refractivity contribution is 5.97. The Kier molecular flexibility index (Phi) is 15.6. The van der Waals surface area contributed by atoms with E-state index in [2.05, 4.69) is 0 Å². The summed E-state index contributed by atoms with van der Waals surface area (Å²) in [6.07, 6.45) is -50.2. The molecule has 0 aromatic heterocycles. The molecule has 0 amide bonds. The molecule has 0 bridgehead atoms. The topological polar surface area (TPSA) is 74.6 Å². The first-order valence-electron chi connectivity index (χ1n) is 14.2. The van der Waals surface area contributed by atoms with Gasteiger partial charge in [-0.1, -0.05) is 6.58 Å². The van der Waals surface area contributed by atoms with Gasteiger partial charge in [-0.05, 0) is 0 Å². The molecular formula is C25H12F34O4. The number of hydrogen-bond donors (Lipinski definition) is 2. The maximum atomic E-state index is 15.4. The molecule has 0 aromatic carbocycles. The summed E-state index contributed by atoms with van der Waals surface area (Å²) in [4.78, 5) is 23.0. The van der Waals surface area contributed by atoms with Gasteiger partial charge in [0.25, 0.3) is 12.9 Å². The van der Waals surface area contributed by atoms with Crippen LogP contribution in [0.15, 0.2) is 12.2 Å². The van der Waals surface area contributed by atoms with Gasteiger partial charge in [-0.15, -0.1) is 0 Å². The second-order valence-corrected chi connectivity index (χ2v) is 12.1. The van der Waals surface area contributed by atoms with Crippen molar-refractivity contribution in [1.82, 2.24) is 0 Å². The molecule has 0 rings (SSSR count). The van der Waals surface area contributed by atoms with E-state index in [4.69, 9.17) is 10.2 Å². The van der Waals surface area contributed by atoms with Crippen molar-refractivity contribution >= 4 is 11.9 Å². The number of rotatable bonds is 23. The Balaban J connectivity index is 8.32. The van der Waals surface area contributed by atoms with Crippen molar-refractivity contribution in [3.63, 3.8) is 0 Å². The number of hydrogen-bond acceptors (Lipinski definition) is 2. The third-order valence-electron chi connectivity index (χ3n) is 8.32. The van der Waals surface area contributed by atoms with Crippen LogP contribution in [0.3, 0.4) is 0 Å². The van der Waals surface area contributed by atoms with Crippen molar-refractivity contribution in [2.75, 3.05) is 0 Å². The first-order chi connectivity index (χ1) is 27.1. The summed E-state index contributed by atoms with van der Waals surface area (Å²) < 4.78 is 474. The monoisotopic (exact) mass is 1020 g/mol. The van der Waals surface area contributed by atoms with Crippen LogP contribution in [-0.2, 0) is 9.59 Å². The number of alkyl halides is 34. The van der Waals surface area contributed by atoms with Crippen molar-refractivity contribution in [3.05, 3.63) is 12.2 Å². The molecule has 6 atom stereocenters. The van der Waals surface area contributed by atoms with Gasteiger partial charge in [0.05, 0.1) is 5.57 Å². The standard InChI is InChI=1S/C25H12F34O4/c1-2(9(60)61)13(12(62)63,10(34)16(40,41)20(48,49)24(56,57)22(52,53)18(44,45)14(36,37)5(28)3(26)7(30)31)11(35)17(42,43)21(50,51)25(58,59)23(54,55)19(46,47)15(38,39)6(29)4(27)8(32)33/h3-8,10-11H,1H2,(H,60,61)(H,62,63). The van der Waals surface area contributed by atoms with E-state index in [9.17, 15) is 150 Å². The van der Waals surface area contributed by atoms with Crippen molar-refractivity contribution < 1.29 is 169 Å². The molecule has 0 aliphatic heterocycles. The summed E-state index contributed by atoms with van der Waals surface area (Å²) in [6.45, 7) is 1.24. The molecule has 0 fully saturated rings. The van der Waals surface area contributed by atoms with E-state index >= 15 is 8.78 Å².